The molecule has 21 heavy (non-hydrogen) atoms. The summed E-state index contributed by atoms with van der Waals surface area (Å²) in [6, 6.07) is 13.8. The molecule has 4 heteroatoms. The highest BCUT2D eigenvalue weighted by molar-refractivity contribution is 5.43. The first-order valence-electron chi connectivity index (χ1n) is 6.84. The van der Waals surface area contributed by atoms with Crippen LogP contribution in [0.2, 0.25) is 0 Å². The van der Waals surface area contributed by atoms with Gasteiger partial charge in [0.05, 0.1) is 14.2 Å². The van der Waals surface area contributed by atoms with E-state index in [-0.39, 0.29) is 0 Å². The molecule has 0 spiro atoms. The van der Waals surface area contributed by atoms with E-state index < -0.39 is 0 Å². The minimum Gasteiger partial charge on any atom is -0.497 e. The zero-order valence-corrected chi connectivity index (χ0v) is 12.7. The summed E-state index contributed by atoms with van der Waals surface area (Å²) in [5, 5.41) is 3.12. The maximum absolute atomic E-state index is 5.88. The van der Waals surface area contributed by atoms with Crippen molar-refractivity contribution in [3.8, 4) is 17.2 Å². The van der Waals surface area contributed by atoms with Crippen LogP contribution in [0.4, 0.5) is 0 Å². The molecule has 0 atom stereocenters. The van der Waals surface area contributed by atoms with Crippen molar-refractivity contribution in [2.75, 3.05) is 21.3 Å². The van der Waals surface area contributed by atoms with Gasteiger partial charge in [-0.15, -0.1) is 0 Å². The molecular weight excluding hydrogens is 266 g/mol. The highest BCUT2D eigenvalue weighted by atomic mass is 16.5. The molecule has 0 aliphatic heterocycles. The van der Waals surface area contributed by atoms with E-state index in [1.807, 2.05) is 49.5 Å². The lowest BCUT2D eigenvalue weighted by Crippen LogP contribution is -2.05. The molecule has 0 amide bonds. The second kappa shape index (κ2) is 7.55. The number of benzene rings is 2. The SMILES string of the molecule is CNCc1ccc(OC)c(OCc2ccc(OC)cc2)c1. The zero-order valence-electron chi connectivity index (χ0n) is 12.7. The van der Waals surface area contributed by atoms with Crippen LogP contribution >= 0.6 is 0 Å². The summed E-state index contributed by atoms with van der Waals surface area (Å²) in [6.07, 6.45) is 0. The zero-order chi connectivity index (χ0) is 15.1. The third-order valence-electron chi connectivity index (χ3n) is 3.16. The Morgan fingerprint density at radius 1 is 0.857 bits per heavy atom. The third-order valence-corrected chi connectivity index (χ3v) is 3.16. The molecule has 112 valence electrons. The topological polar surface area (TPSA) is 39.7 Å². The summed E-state index contributed by atoms with van der Waals surface area (Å²) in [5.74, 6) is 2.33. The van der Waals surface area contributed by atoms with E-state index >= 15 is 0 Å². The smallest absolute Gasteiger partial charge is 0.161 e. The molecule has 0 heterocycles. The molecule has 1 N–H and O–H groups in total. The Bertz CT molecular complexity index is 567. The van der Waals surface area contributed by atoms with Gasteiger partial charge in [-0.3, -0.25) is 0 Å². The molecule has 0 aliphatic rings. The number of hydrogen-bond acceptors (Lipinski definition) is 4. The maximum atomic E-state index is 5.88. The molecule has 0 radical (unpaired) electrons. The Balaban J connectivity index is 2.08. The van der Waals surface area contributed by atoms with Crippen molar-refractivity contribution in [3.05, 3.63) is 53.6 Å². The van der Waals surface area contributed by atoms with Crippen LogP contribution in [-0.2, 0) is 13.2 Å². The van der Waals surface area contributed by atoms with Crippen LogP contribution in [0.3, 0.4) is 0 Å². The summed E-state index contributed by atoms with van der Waals surface area (Å²) in [5.41, 5.74) is 2.24. The Morgan fingerprint density at radius 2 is 1.57 bits per heavy atom. The fourth-order valence-electron chi connectivity index (χ4n) is 2.03. The molecule has 0 fully saturated rings. The van der Waals surface area contributed by atoms with Gasteiger partial charge in [0.25, 0.3) is 0 Å². The average molecular weight is 287 g/mol. The van der Waals surface area contributed by atoms with Crippen molar-refractivity contribution in [2.45, 2.75) is 13.2 Å². The lowest BCUT2D eigenvalue weighted by Gasteiger charge is -2.12. The van der Waals surface area contributed by atoms with Gasteiger partial charge in [-0.2, -0.15) is 0 Å². The first kappa shape index (κ1) is 15.2. The lowest BCUT2D eigenvalue weighted by molar-refractivity contribution is 0.284. The van der Waals surface area contributed by atoms with E-state index in [4.69, 9.17) is 14.2 Å². The van der Waals surface area contributed by atoms with Crippen LogP contribution in [0.25, 0.3) is 0 Å². The van der Waals surface area contributed by atoms with Crippen LogP contribution in [0, 0.1) is 0 Å². The Hall–Kier alpha value is -2.20. The molecule has 0 saturated heterocycles. The minimum atomic E-state index is 0.489. The van der Waals surface area contributed by atoms with E-state index in [0.29, 0.717) is 6.61 Å². The Labute approximate surface area is 125 Å². The fourth-order valence-corrected chi connectivity index (χ4v) is 2.03. The van der Waals surface area contributed by atoms with Gasteiger partial charge < -0.3 is 19.5 Å². The molecule has 2 aromatic carbocycles. The van der Waals surface area contributed by atoms with E-state index in [2.05, 4.69) is 5.32 Å². The molecule has 2 rings (SSSR count). The van der Waals surface area contributed by atoms with Gasteiger partial charge in [-0.05, 0) is 42.4 Å². The van der Waals surface area contributed by atoms with Crippen molar-refractivity contribution in [2.24, 2.45) is 0 Å². The molecule has 4 nitrogen and oxygen atoms in total. The predicted molar refractivity (Wildman–Crippen MR) is 83.1 cm³/mol. The van der Waals surface area contributed by atoms with Crippen LogP contribution in [-0.4, -0.2) is 21.3 Å². The highest BCUT2D eigenvalue weighted by Crippen LogP contribution is 2.29. The van der Waals surface area contributed by atoms with E-state index in [0.717, 1.165) is 34.9 Å². The second-order valence-electron chi connectivity index (χ2n) is 4.65. The van der Waals surface area contributed by atoms with Crippen molar-refractivity contribution in [1.82, 2.24) is 5.32 Å². The number of hydrogen-bond donors (Lipinski definition) is 1. The summed E-state index contributed by atoms with van der Waals surface area (Å²) >= 11 is 0. The summed E-state index contributed by atoms with van der Waals surface area (Å²) in [7, 11) is 5.22. The number of nitrogens with one attached hydrogen (secondary N) is 1. The van der Waals surface area contributed by atoms with Crippen molar-refractivity contribution in [3.63, 3.8) is 0 Å². The molecule has 0 aliphatic carbocycles. The number of ether oxygens (including phenoxy) is 3. The monoisotopic (exact) mass is 287 g/mol. The first-order valence-corrected chi connectivity index (χ1v) is 6.84. The van der Waals surface area contributed by atoms with Crippen molar-refractivity contribution < 1.29 is 14.2 Å². The van der Waals surface area contributed by atoms with Gasteiger partial charge in [0.15, 0.2) is 11.5 Å². The number of methoxy groups -OCH3 is 2. The largest absolute Gasteiger partial charge is 0.497 e. The van der Waals surface area contributed by atoms with Gasteiger partial charge >= 0.3 is 0 Å². The molecular formula is C17H21NO3. The standard InChI is InChI=1S/C17H21NO3/c1-18-11-14-6-9-16(20-3)17(10-14)21-12-13-4-7-15(19-2)8-5-13/h4-10,18H,11-12H2,1-3H3. The highest BCUT2D eigenvalue weighted by Gasteiger charge is 2.06. The van der Waals surface area contributed by atoms with Gasteiger partial charge in [0.1, 0.15) is 12.4 Å². The summed E-state index contributed by atoms with van der Waals surface area (Å²) < 4.78 is 16.4. The lowest BCUT2D eigenvalue weighted by atomic mass is 10.2. The molecule has 0 unspecified atom stereocenters. The Morgan fingerprint density at radius 3 is 2.19 bits per heavy atom. The van der Waals surface area contributed by atoms with Crippen molar-refractivity contribution in [1.29, 1.82) is 0 Å². The van der Waals surface area contributed by atoms with Crippen LogP contribution in [0.1, 0.15) is 11.1 Å². The summed E-state index contributed by atoms with van der Waals surface area (Å²) in [4.78, 5) is 0. The van der Waals surface area contributed by atoms with E-state index in [1.54, 1.807) is 14.2 Å². The van der Waals surface area contributed by atoms with Gasteiger partial charge in [-0.1, -0.05) is 18.2 Å². The summed E-state index contributed by atoms with van der Waals surface area (Å²) in [6.45, 7) is 1.28. The molecule has 2 aromatic rings. The third kappa shape index (κ3) is 4.13. The molecule has 0 bridgehead atoms. The number of rotatable bonds is 7. The quantitative estimate of drug-likeness (QED) is 0.850. The Kier molecular flexibility index (Phi) is 5.46. The van der Waals surface area contributed by atoms with Gasteiger partial charge in [0, 0.05) is 6.54 Å². The molecule has 0 aromatic heterocycles. The van der Waals surface area contributed by atoms with Gasteiger partial charge in [-0.25, -0.2) is 0 Å². The first-order chi connectivity index (χ1) is 10.3. The normalized spacial score (nSPS) is 10.2. The van der Waals surface area contributed by atoms with E-state index in [9.17, 15) is 0 Å². The van der Waals surface area contributed by atoms with Gasteiger partial charge in [0.2, 0.25) is 0 Å². The van der Waals surface area contributed by atoms with E-state index in [1.165, 1.54) is 0 Å². The van der Waals surface area contributed by atoms with Crippen LogP contribution in [0.5, 0.6) is 17.2 Å². The van der Waals surface area contributed by atoms with Crippen LogP contribution < -0.4 is 19.5 Å². The average Bonchev–Trinajstić information content (AvgIpc) is 2.54. The van der Waals surface area contributed by atoms with Crippen LogP contribution in [0.15, 0.2) is 42.5 Å². The maximum Gasteiger partial charge on any atom is 0.161 e. The molecule has 0 saturated carbocycles. The van der Waals surface area contributed by atoms with Crippen molar-refractivity contribution >= 4 is 0 Å². The minimum absolute atomic E-state index is 0.489. The second-order valence-corrected chi connectivity index (χ2v) is 4.65. The predicted octanol–water partition coefficient (Wildman–Crippen LogP) is 3.00. The fraction of sp³-hybridized carbons (Fsp3) is 0.294.